The molecule has 1 nitrogen and oxygen atoms in total. The van der Waals surface area contributed by atoms with Gasteiger partial charge in [-0.2, -0.15) is 0 Å². The highest BCUT2D eigenvalue weighted by Crippen LogP contribution is 2.34. The maximum absolute atomic E-state index is 9.81. The van der Waals surface area contributed by atoms with E-state index in [0.29, 0.717) is 5.75 Å². The normalized spacial score (nSPS) is 12.8. The first kappa shape index (κ1) is 12.3. The fraction of sp³-hybridized carbons (Fsp3) is 0.333. The van der Waals surface area contributed by atoms with Gasteiger partial charge in [0.1, 0.15) is 5.75 Å². The van der Waals surface area contributed by atoms with Crippen LogP contribution in [0.25, 0.3) is 10.8 Å². The number of hydrogen-bond donors (Lipinski definition) is 1. The third-order valence-electron chi connectivity index (χ3n) is 3.08. The summed E-state index contributed by atoms with van der Waals surface area (Å²) in [5.74, 6) is 2.23. The lowest BCUT2D eigenvalue weighted by molar-refractivity contribution is 0.481. The lowest BCUT2D eigenvalue weighted by atomic mass is 10.1. The van der Waals surface area contributed by atoms with Gasteiger partial charge in [0.15, 0.2) is 0 Å². The first-order valence-corrected chi connectivity index (χ1v) is 7.04. The number of thioether (sulfide) groups is 1. The summed E-state index contributed by atoms with van der Waals surface area (Å²) in [6.45, 7) is 4.50. The molecule has 0 aliphatic heterocycles. The predicted molar refractivity (Wildman–Crippen MR) is 75.8 cm³/mol. The SMILES string of the molecule is CCC(C)CSc1ccc(O)c2ccccc12. The van der Waals surface area contributed by atoms with E-state index in [1.54, 1.807) is 6.07 Å². The van der Waals surface area contributed by atoms with Crippen LogP contribution in [0.2, 0.25) is 0 Å². The Balaban J connectivity index is 2.32. The Morgan fingerprint density at radius 3 is 2.53 bits per heavy atom. The first-order chi connectivity index (χ1) is 8.22. The summed E-state index contributed by atoms with van der Waals surface area (Å²) in [5, 5.41) is 11.9. The van der Waals surface area contributed by atoms with Gasteiger partial charge in [-0.25, -0.2) is 0 Å². The lowest BCUT2D eigenvalue weighted by Crippen LogP contribution is -1.95. The second-order valence-electron chi connectivity index (χ2n) is 4.45. The summed E-state index contributed by atoms with van der Waals surface area (Å²) in [6, 6.07) is 11.8. The van der Waals surface area contributed by atoms with Gasteiger partial charge < -0.3 is 5.11 Å². The summed E-state index contributed by atoms with van der Waals surface area (Å²) in [5.41, 5.74) is 0. The number of benzene rings is 2. The molecule has 0 saturated heterocycles. The van der Waals surface area contributed by atoms with E-state index in [-0.39, 0.29) is 0 Å². The van der Waals surface area contributed by atoms with Gasteiger partial charge in [-0.3, -0.25) is 0 Å². The summed E-state index contributed by atoms with van der Waals surface area (Å²) in [6.07, 6.45) is 1.21. The molecular weight excluding hydrogens is 228 g/mol. The molecule has 1 unspecified atom stereocenters. The van der Waals surface area contributed by atoms with Gasteiger partial charge >= 0.3 is 0 Å². The molecule has 1 atom stereocenters. The zero-order valence-electron chi connectivity index (χ0n) is 10.3. The minimum atomic E-state index is 0.369. The number of phenols is 1. The van der Waals surface area contributed by atoms with Crippen molar-refractivity contribution >= 4 is 22.5 Å². The van der Waals surface area contributed by atoms with E-state index in [1.165, 1.54) is 11.3 Å². The topological polar surface area (TPSA) is 20.2 Å². The highest BCUT2D eigenvalue weighted by Gasteiger charge is 2.06. The molecule has 2 heteroatoms. The van der Waals surface area contributed by atoms with E-state index in [4.69, 9.17) is 0 Å². The van der Waals surface area contributed by atoms with Crippen LogP contribution in [-0.4, -0.2) is 10.9 Å². The third kappa shape index (κ3) is 2.75. The largest absolute Gasteiger partial charge is 0.507 e. The summed E-state index contributed by atoms with van der Waals surface area (Å²) in [4.78, 5) is 1.26. The van der Waals surface area contributed by atoms with E-state index in [2.05, 4.69) is 19.9 Å². The number of phenolic OH excluding ortho intramolecular Hbond substituents is 1. The Kier molecular flexibility index (Phi) is 3.95. The molecule has 0 bridgehead atoms. The fourth-order valence-electron chi connectivity index (χ4n) is 1.73. The Bertz CT molecular complexity index is 507. The zero-order valence-corrected chi connectivity index (χ0v) is 11.1. The molecule has 0 aliphatic carbocycles. The molecular formula is C15H18OS. The van der Waals surface area contributed by atoms with Crippen LogP contribution in [-0.2, 0) is 0 Å². The molecule has 1 N–H and O–H groups in total. The van der Waals surface area contributed by atoms with Crippen molar-refractivity contribution in [3.05, 3.63) is 36.4 Å². The monoisotopic (exact) mass is 246 g/mol. The highest BCUT2D eigenvalue weighted by atomic mass is 32.2. The van der Waals surface area contributed by atoms with Crippen molar-refractivity contribution in [3.63, 3.8) is 0 Å². The number of aromatic hydroxyl groups is 1. The second kappa shape index (κ2) is 5.46. The Hall–Kier alpha value is -1.15. The van der Waals surface area contributed by atoms with Crippen molar-refractivity contribution in [2.75, 3.05) is 5.75 Å². The minimum Gasteiger partial charge on any atom is -0.507 e. The van der Waals surface area contributed by atoms with E-state index >= 15 is 0 Å². The summed E-state index contributed by atoms with van der Waals surface area (Å²) >= 11 is 1.88. The zero-order chi connectivity index (χ0) is 12.3. The Labute approximate surface area is 107 Å². The van der Waals surface area contributed by atoms with E-state index in [0.717, 1.165) is 22.4 Å². The average molecular weight is 246 g/mol. The molecule has 90 valence electrons. The van der Waals surface area contributed by atoms with Crippen LogP contribution in [0.15, 0.2) is 41.3 Å². The molecule has 0 aliphatic rings. The van der Waals surface area contributed by atoms with E-state index in [1.807, 2.05) is 36.0 Å². The molecule has 2 aromatic carbocycles. The van der Waals surface area contributed by atoms with Gasteiger partial charge in [0.25, 0.3) is 0 Å². The molecule has 2 rings (SSSR count). The smallest absolute Gasteiger partial charge is 0.123 e. The summed E-state index contributed by atoms with van der Waals surface area (Å²) in [7, 11) is 0. The lowest BCUT2D eigenvalue weighted by Gasteiger charge is -2.10. The van der Waals surface area contributed by atoms with Crippen molar-refractivity contribution in [1.82, 2.24) is 0 Å². The van der Waals surface area contributed by atoms with Crippen LogP contribution in [0.3, 0.4) is 0 Å². The molecule has 0 spiro atoms. The fourth-order valence-corrected chi connectivity index (χ4v) is 2.93. The van der Waals surface area contributed by atoms with Crippen LogP contribution in [0.4, 0.5) is 0 Å². The standard InChI is InChI=1S/C15H18OS/c1-3-11(2)10-17-15-9-8-14(16)12-6-4-5-7-13(12)15/h4-9,11,16H,3,10H2,1-2H3. The van der Waals surface area contributed by atoms with Gasteiger partial charge in [-0.05, 0) is 23.4 Å². The molecule has 0 heterocycles. The third-order valence-corrected chi connectivity index (χ3v) is 4.48. The van der Waals surface area contributed by atoms with Crippen molar-refractivity contribution in [3.8, 4) is 5.75 Å². The van der Waals surface area contributed by atoms with Crippen LogP contribution in [0, 0.1) is 5.92 Å². The highest BCUT2D eigenvalue weighted by molar-refractivity contribution is 7.99. The number of rotatable bonds is 4. The predicted octanol–water partition coefficient (Wildman–Crippen LogP) is 4.68. The van der Waals surface area contributed by atoms with E-state index < -0.39 is 0 Å². The van der Waals surface area contributed by atoms with E-state index in [9.17, 15) is 5.11 Å². The van der Waals surface area contributed by atoms with Crippen molar-refractivity contribution in [2.24, 2.45) is 5.92 Å². The first-order valence-electron chi connectivity index (χ1n) is 6.06. The maximum Gasteiger partial charge on any atom is 0.123 e. The Morgan fingerprint density at radius 1 is 1.12 bits per heavy atom. The molecule has 0 aromatic heterocycles. The molecule has 17 heavy (non-hydrogen) atoms. The van der Waals surface area contributed by atoms with Gasteiger partial charge in [0.05, 0.1) is 0 Å². The van der Waals surface area contributed by atoms with Crippen LogP contribution in [0.1, 0.15) is 20.3 Å². The van der Waals surface area contributed by atoms with Crippen LogP contribution in [0.5, 0.6) is 5.75 Å². The quantitative estimate of drug-likeness (QED) is 0.790. The van der Waals surface area contributed by atoms with Gasteiger partial charge in [-0.1, -0.05) is 44.5 Å². The van der Waals surface area contributed by atoms with Crippen molar-refractivity contribution < 1.29 is 5.11 Å². The second-order valence-corrected chi connectivity index (χ2v) is 5.51. The molecule has 0 amide bonds. The number of fused-ring (bicyclic) bond motifs is 1. The Morgan fingerprint density at radius 2 is 1.82 bits per heavy atom. The van der Waals surface area contributed by atoms with Gasteiger partial charge in [-0.15, -0.1) is 11.8 Å². The van der Waals surface area contributed by atoms with Gasteiger partial charge in [0, 0.05) is 16.0 Å². The van der Waals surface area contributed by atoms with Crippen molar-refractivity contribution in [2.45, 2.75) is 25.2 Å². The summed E-state index contributed by atoms with van der Waals surface area (Å²) < 4.78 is 0. The van der Waals surface area contributed by atoms with Crippen LogP contribution < -0.4 is 0 Å². The average Bonchev–Trinajstić information content (AvgIpc) is 2.38. The molecule has 0 saturated carbocycles. The van der Waals surface area contributed by atoms with Crippen molar-refractivity contribution in [1.29, 1.82) is 0 Å². The van der Waals surface area contributed by atoms with Gasteiger partial charge in [0.2, 0.25) is 0 Å². The van der Waals surface area contributed by atoms with Crippen LogP contribution >= 0.6 is 11.8 Å². The molecule has 0 fully saturated rings. The number of hydrogen-bond acceptors (Lipinski definition) is 2. The maximum atomic E-state index is 9.81. The molecule has 0 radical (unpaired) electrons. The minimum absolute atomic E-state index is 0.369. The molecule has 2 aromatic rings.